The van der Waals surface area contributed by atoms with Gasteiger partial charge in [0.25, 0.3) is 0 Å². The third-order valence-corrected chi connectivity index (χ3v) is 4.22. The number of benzene rings is 1. The van der Waals surface area contributed by atoms with Crippen LogP contribution in [0.4, 0.5) is 5.69 Å². The first kappa shape index (κ1) is 14.8. The SMILES string of the molecule is O=C(C[C@H]1C=CCC1)NCc1ccc(NC(=O)C2CC2)cc1. The molecule has 4 heteroatoms. The molecule has 1 aromatic rings. The van der Waals surface area contributed by atoms with Gasteiger partial charge in [-0.25, -0.2) is 0 Å². The van der Waals surface area contributed by atoms with Crippen molar-refractivity contribution in [1.29, 1.82) is 0 Å². The molecule has 1 saturated carbocycles. The first-order valence-corrected chi connectivity index (χ1v) is 8.04. The third-order valence-electron chi connectivity index (χ3n) is 4.22. The van der Waals surface area contributed by atoms with E-state index in [1.807, 2.05) is 24.3 Å². The summed E-state index contributed by atoms with van der Waals surface area (Å²) < 4.78 is 0. The maximum Gasteiger partial charge on any atom is 0.227 e. The van der Waals surface area contributed by atoms with E-state index >= 15 is 0 Å². The molecule has 1 atom stereocenters. The van der Waals surface area contributed by atoms with Gasteiger partial charge in [-0.15, -0.1) is 0 Å². The summed E-state index contributed by atoms with van der Waals surface area (Å²) in [6, 6.07) is 7.67. The molecule has 4 nitrogen and oxygen atoms in total. The number of hydrogen-bond donors (Lipinski definition) is 2. The summed E-state index contributed by atoms with van der Waals surface area (Å²) in [6.07, 6.45) is 9.04. The van der Waals surface area contributed by atoms with Crippen molar-refractivity contribution in [3.05, 3.63) is 42.0 Å². The van der Waals surface area contributed by atoms with Crippen LogP contribution in [0.15, 0.2) is 36.4 Å². The molecule has 22 heavy (non-hydrogen) atoms. The van der Waals surface area contributed by atoms with Crippen LogP contribution in [0.5, 0.6) is 0 Å². The second kappa shape index (κ2) is 6.77. The molecule has 1 aromatic carbocycles. The molecule has 2 amide bonds. The largest absolute Gasteiger partial charge is 0.352 e. The Morgan fingerprint density at radius 1 is 1.09 bits per heavy atom. The van der Waals surface area contributed by atoms with Crippen molar-refractivity contribution in [2.45, 2.75) is 38.6 Å². The molecule has 2 aliphatic rings. The Bertz CT molecular complexity index is 573. The summed E-state index contributed by atoms with van der Waals surface area (Å²) >= 11 is 0. The monoisotopic (exact) mass is 298 g/mol. The van der Waals surface area contributed by atoms with Crippen LogP contribution >= 0.6 is 0 Å². The van der Waals surface area contributed by atoms with Crippen molar-refractivity contribution in [3.63, 3.8) is 0 Å². The Morgan fingerprint density at radius 3 is 2.50 bits per heavy atom. The first-order valence-electron chi connectivity index (χ1n) is 8.04. The summed E-state index contributed by atoms with van der Waals surface area (Å²) in [5, 5.41) is 5.86. The highest BCUT2D eigenvalue weighted by atomic mass is 16.2. The summed E-state index contributed by atoms with van der Waals surface area (Å²) in [5.74, 6) is 0.831. The highest BCUT2D eigenvalue weighted by Gasteiger charge is 2.29. The molecule has 1 fully saturated rings. The van der Waals surface area contributed by atoms with E-state index < -0.39 is 0 Å². The van der Waals surface area contributed by atoms with Crippen LogP contribution in [0.25, 0.3) is 0 Å². The normalized spacial score (nSPS) is 19.9. The predicted molar refractivity (Wildman–Crippen MR) is 86.1 cm³/mol. The highest BCUT2D eigenvalue weighted by Crippen LogP contribution is 2.30. The van der Waals surface area contributed by atoms with E-state index in [0.717, 1.165) is 36.9 Å². The molecule has 2 aliphatic carbocycles. The van der Waals surface area contributed by atoms with Crippen LogP contribution in [-0.4, -0.2) is 11.8 Å². The third kappa shape index (κ3) is 4.20. The molecule has 2 N–H and O–H groups in total. The van der Waals surface area contributed by atoms with Gasteiger partial charge in [0.05, 0.1) is 0 Å². The molecule has 0 heterocycles. The number of anilines is 1. The highest BCUT2D eigenvalue weighted by molar-refractivity contribution is 5.94. The Labute approximate surface area is 131 Å². The zero-order chi connectivity index (χ0) is 15.4. The number of allylic oxidation sites excluding steroid dienone is 2. The summed E-state index contributed by atoms with van der Waals surface area (Å²) in [6.45, 7) is 0.534. The van der Waals surface area contributed by atoms with Gasteiger partial charge in [-0.1, -0.05) is 24.3 Å². The van der Waals surface area contributed by atoms with Crippen molar-refractivity contribution in [1.82, 2.24) is 5.32 Å². The molecule has 0 unspecified atom stereocenters. The molecule has 0 spiro atoms. The Kier molecular flexibility index (Phi) is 4.56. The molecular formula is C18H22N2O2. The minimum absolute atomic E-state index is 0.0997. The summed E-state index contributed by atoms with van der Waals surface area (Å²) in [4.78, 5) is 23.5. The smallest absolute Gasteiger partial charge is 0.227 e. The number of carbonyl (C=O) groups is 2. The maximum absolute atomic E-state index is 11.9. The molecular weight excluding hydrogens is 276 g/mol. The number of nitrogens with one attached hydrogen (secondary N) is 2. The van der Waals surface area contributed by atoms with Gasteiger partial charge in [-0.3, -0.25) is 9.59 Å². The maximum atomic E-state index is 11.9. The Balaban J connectivity index is 1.43. The van der Waals surface area contributed by atoms with Gasteiger partial charge >= 0.3 is 0 Å². The van der Waals surface area contributed by atoms with E-state index in [2.05, 4.69) is 22.8 Å². The molecule has 0 radical (unpaired) electrons. The zero-order valence-electron chi connectivity index (χ0n) is 12.7. The molecule has 0 bridgehead atoms. The van der Waals surface area contributed by atoms with Crippen LogP contribution in [0.2, 0.25) is 0 Å². The van der Waals surface area contributed by atoms with Crippen molar-refractivity contribution in [3.8, 4) is 0 Å². The van der Waals surface area contributed by atoms with Crippen molar-refractivity contribution >= 4 is 17.5 Å². The van der Waals surface area contributed by atoms with Gasteiger partial charge in [0.15, 0.2) is 0 Å². The fraction of sp³-hybridized carbons (Fsp3) is 0.444. The van der Waals surface area contributed by atoms with E-state index in [1.54, 1.807) is 0 Å². The lowest BCUT2D eigenvalue weighted by atomic mass is 10.1. The summed E-state index contributed by atoms with van der Waals surface area (Å²) in [5.41, 5.74) is 1.86. The average Bonchev–Trinajstić information content (AvgIpc) is 3.26. The molecule has 116 valence electrons. The van der Waals surface area contributed by atoms with Crippen molar-refractivity contribution in [2.24, 2.45) is 11.8 Å². The molecule has 0 aromatic heterocycles. The van der Waals surface area contributed by atoms with Gasteiger partial charge in [0, 0.05) is 24.6 Å². The Morgan fingerprint density at radius 2 is 1.86 bits per heavy atom. The zero-order valence-corrected chi connectivity index (χ0v) is 12.7. The lowest BCUT2D eigenvalue weighted by molar-refractivity contribution is -0.122. The topological polar surface area (TPSA) is 58.2 Å². The van der Waals surface area contributed by atoms with E-state index in [0.29, 0.717) is 18.9 Å². The lowest BCUT2D eigenvalue weighted by Crippen LogP contribution is -2.24. The minimum atomic E-state index is 0.0997. The van der Waals surface area contributed by atoms with Gasteiger partial charge < -0.3 is 10.6 Å². The van der Waals surface area contributed by atoms with Crippen LogP contribution in [0, 0.1) is 11.8 Å². The minimum Gasteiger partial charge on any atom is -0.352 e. The van der Waals surface area contributed by atoms with Gasteiger partial charge in [0.1, 0.15) is 0 Å². The molecule has 0 saturated heterocycles. The second-order valence-corrected chi connectivity index (χ2v) is 6.21. The van der Waals surface area contributed by atoms with Crippen LogP contribution in [-0.2, 0) is 16.1 Å². The van der Waals surface area contributed by atoms with Gasteiger partial charge in [-0.2, -0.15) is 0 Å². The van der Waals surface area contributed by atoms with Crippen LogP contribution < -0.4 is 10.6 Å². The molecule has 0 aliphatic heterocycles. The number of rotatable bonds is 6. The standard InChI is InChI=1S/C18H22N2O2/c21-17(11-13-3-1-2-4-13)19-12-14-5-9-16(10-6-14)20-18(22)15-7-8-15/h1,3,5-6,9-10,13,15H,2,4,7-8,11-12H2,(H,19,21)(H,20,22)/t13-/m0/s1. The van der Waals surface area contributed by atoms with Gasteiger partial charge in [-0.05, 0) is 49.3 Å². The quantitative estimate of drug-likeness (QED) is 0.793. The lowest BCUT2D eigenvalue weighted by Gasteiger charge is -2.09. The first-order chi connectivity index (χ1) is 10.7. The van der Waals surface area contributed by atoms with E-state index in [4.69, 9.17) is 0 Å². The number of hydrogen-bond acceptors (Lipinski definition) is 2. The Hall–Kier alpha value is -2.10. The number of carbonyl (C=O) groups excluding carboxylic acids is 2. The fourth-order valence-corrected chi connectivity index (χ4v) is 2.67. The molecule has 3 rings (SSSR count). The van der Waals surface area contributed by atoms with Crippen molar-refractivity contribution in [2.75, 3.05) is 5.32 Å². The van der Waals surface area contributed by atoms with E-state index in [-0.39, 0.29) is 17.7 Å². The fourth-order valence-electron chi connectivity index (χ4n) is 2.67. The van der Waals surface area contributed by atoms with E-state index in [1.165, 1.54) is 0 Å². The van der Waals surface area contributed by atoms with Crippen LogP contribution in [0.3, 0.4) is 0 Å². The van der Waals surface area contributed by atoms with Crippen LogP contribution in [0.1, 0.15) is 37.7 Å². The average molecular weight is 298 g/mol. The van der Waals surface area contributed by atoms with Gasteiger partial charge in [0.2, 0.25) is 11.8 Å². The van der Waals surface area contributed by atoms with Crippen molar-refractivity contribution < 1.29 is 9.59 Å². The second-order valence-electron chi connectivity index (χ2n) is 6.21. The predicted octanol–water partition coefficient (Wildman–Crippen LogP) is 3.01. The van der Waals surface area contributed by atoms with E-state index in [9.17, 15) is 9.59 Å². The number of amides is 2. The summed E-state index contributed by atoms with van der Waals surface area (Å²) in [7, 11) is 0.